The lowest BCUT2D eigenvalue weighted by Crippen LogP contribution is -2.52. The molecule has 0 bridgehead atoms. The van der Waals surface area contributed by atoms with Gasteiger partial charge in [-0.1, -0.05) is 0 Å². The molecule has 0 radical (unpaired) electrons. The predicted octanol–water partition coefficient (Wildman–Crippen LogP) is -2.06. The lowest BCUT2D eigenvalue weighted by atomic mass is 10.4. The van der Waals surface area contributed by atoms with E-state index in [2.05, 4.69) is 4.74 Å². The van der Waals surface area contributed by atoms with Crippen LogP contribution < -0.4 is 5.14 Å². The number of ether oxygens (including phenoxy) is 1. The van der Waals surface area contributed by atoms with Crippen molar-refractivity contribution >= 4 is 16.3 Å². The van der Waals surface area contributed by atoms with Crippen molar-refractivity contribution in [2.24, 2.45) is 5.14 Å². The van der Waals surface area contributed by atoms with Gasteiger partial charge < -0.3 is 14.7 Å². The molecule has 1 fully saturated rings. The Labute approximate surface area is 93.7 Å². The fraction of sp³-hybridized carbons (Fsp3) is 0.857. The fourth-order valence-corrected chi connectivity index (χ4v) is 2.02. The monoisotopic (exact) mass is 253 g/mol. The third kappa shape index (κ3) is 3.59. The van der Waals surface area contributed by atoms with Crippen LogP contribution in [0.5, 0.6) is 0 Å². The van der Waals surface area contributed by atoms with Crippen LogP contribution in [0.15, 0.2) is 0 Å². The summed E-state index contributed by atoms with van der Waals surface area (Å²) in [6, 6.07) is 0. The zero-order valence-electron chi connectivity index (χ0n) is 8.70. The molecular formula is C7H15N3O5S. The van der Waals surface area contributed by atoms with Gasteiger partial charge in [-0.05, 0) is 0 Å². The number of rotatable bonds is 3. The van der Waals surface area contributed by atoms with E-state index in [1.54, 1.807) is 0 Å². The van der Waals surface area contributed by atoms with Crippen LogP contribution in [-0.2, 0) is 14.9 Å². The van der Waals surface area contributed by atoms with Crippen LogP contribution in [0.25, 0.3) is 0 Å². The highest BCUT2D eigenvalue weighted by atomic mass is 32.2. The first-order chi connectivity index (χ1) is 7.45. The van der Waals surface area contributed by atoms with E-state index in [4.69, 9.17) is 10.2 Å². The van der Waals surface area contributed by atoms with Crippen molar-refractivity contribution in [1.29, 1.82) is 0 Å². The van der Waals surface area contributed by atoms with Crippen molar-refractivity contribution in [1.82, 2.24) is 9.21 Å². The SMILES string of the molecule is NS(=O)(=O)N1CCN(C(=O)OCCO)CC1. The average molecular weight is 253 g/mol. The number of carbonyl (C=O) groups excluding carboxylic acids is 1. The Morgan fingerprint density at radius 2 is 1.88 bits per heavy atom. The zero-order chi connectivity index (χ0) is 12.2. The van der Waals surface area contributed by atoms with Gasteiger partial charge in [0.15, 0.2) is 0 Å². The second-order valence-corrected chi connectivity index (χ2v) is 4.82. The molecule has 1 rings (SSSR count). The number of amides is 1. The normalized spacial score (nSPS) is 18.5. The highest BCUT2D eigenvalue weighted by molar-refractivity contribution is 7.86. The van der Waals surface area contributed by atoms with Crippen molar-refractivity contribution in [2.45, 2.75) is 0 Å². The van der Waals surface area contributed by atoms with Crippen molar-refractivity contribution in [3.63, 3.8) is 0 Å². The van der Waals surface area contributed by atoms with Crippen LogP contribution in [0.1, 0.15) is 0 Å². The fourth-order valence-electron chi connectivity index (χ4n) is 1.35. The van der Waals surface area contributed by atoms with E-state index in [0.717, 1.165) is 4.31 Å². The summed E-state index contributed by atoms with van der Waals surface area (Å²) in [7, 11) is -3.68. The van der Waals surface area contributed by atoms with Gasteiger partial charge in [0.2, 0.25) is 0 Å². The maximum atomic E-state index is 11.3. The van der Waals surface area contributed by atoms with Gasteiger partial charge in [-0.15, -0.1) is 0 Å². The highest BCUT2D eigenvalue weighted by Gasteiger charge is 2.26. The van der Waals surface area contributed by atoms with Crippen LogP contribution in [0.2, 0.25) is 0 Å². The van der Waals surface area contributed by atoms with Gasteiger partial charge in [0, 0.05) is 26.2 Å². The Morgan fingerprint density at radius 1 is 1.31 bits per heavy atom. The summed E-state index contributed by atoms with van der Waals surface area (Å²) >= 11 is 0. The van der Waals surface area contributed by atoms with Crippen LogP contribution in [0.4, 0.5) is 4.79 Å². The standard InChI is InChI=1S/C7H15N3O5S/c8-16(13,14)10-3-1-9(2-4-10)7(12)15-6-5-11/h11H,1-6H2,(H2,8,13,14). The Balaban J connectivity index is 2.40. The number of carbonyl (C=O) groups is 1. The summed E-state index contributed by atoms with van der Waals surface area (Å²) in [5.41, 5.74) is 0. The first-order valence-corrected chi connectivity index (χ1v) is 6.26. The predicted molar refractivity (Wildman–Crippen MR) is 54.7 cm³/mol. The van der Waals surface area contributed by atoms with Gasteiger partial charge in [-0.3, -0.25) is 0 Å². The number of aliphatic hydroxyl groups is 1. The molecule has 16 heavy (non-hydrogen) atoms. The smallest absolute Gasteiger partial charge is 0.409 e. The minimum absolute atomic E-state index is 0.0613. The first-order valence-electron chi connectivity index (χ1n) is 4.75. The molecule has 1 saturated heterocycles. The van der Waals surface area contributed by atoms with E-state index in [1.807, 2.05) is 0 Å². The number of piperazine rings is 1. The second kappa shape index (κ2) is 5.43. The molecule has 0 atom stereocenters. The summed E-state index contributed by atoms with van der Waals surface area (Å²) in [4.78, 5) is 12.7. The number of hydrogen-bond donors (Lipinski definition) is 2. The second-order valence-electron chi connectivity index (χ2n) is 3.27. The van der Waals surface area contributed by atoms with Gasteiger partial charge in [0.1, 0.15) is 6.61 Å². The van der Waals surface area contributed by atoms with E-state index >= 15 is 0 Å². The van der Waals surface area contributed by atoms with E-state index in [-0.39, 0.29) is 39.4 Å². The van der Waals surface area contributed by atoms with Crippen LogP contribution in [0.3, 0.4) is 0 Å². The lowest BCUT2D eigenvalue weighted by molar-refractivity contribution is 0.0742. The summed E-state index contributed by atoms with van der Waals surface area (Å²) in [5.74, 6) is 0. The molecule has 9 heteroatoms. The van der Waals surface area contributed by atoms with Crippen molar-refractivity contribution in [2.75, 3.05) is 39.4 Å². The minimum Gasteiger partial charge on any atom is -0.447 e. The van der Waals surface area contributed by atoms with Crippen molar-refractivity contribution < 1.29 is 23.1 Å². The molecule has 0 spiro atoms. The summed E-state index contributed by atoms with van der Waals surface area (Å²) < 4.78 is 27.7. The first kappa shape index (κ1) is 13.2. The van der Waals surface area contributed by atoms with Crippen molar-refractivity contribution in [3.8, 4) is 0 Å². The Hall–Kier alpha value is -0.900. The van der Waals surface area contributed by atoms with Gasteiger partial charge in [0.05, 0.1) is 6.61 Å². The van der Waals surface area contributed by atoms with Gasteiger partial charge in [0.25, 0.3) is 10.2 Å². The Morgan fingerprint density at radius 3 is 2.31 bits per heavy atom. The summed E-state index contributed by atoms with van der Waals surface area (Å²) in [6.07, 6.45) is -0.553. The molecule has 0 unspecified atom stereocenters. The molecule has 3 N–H and O–H groups in total. The summed E-state index contributed by atoms with van der Waals surface area (Å²) in [6.45, 7) is 0.499. The van der Waals surface area contributed by atoms with E-state index in [1.165, 1.54) is 4.90 Å². The molecule has 0 saturated carbocycles. The van der Waals surface area contributed by atoms with E-state index < -0.39 is 16.3 Å². The molecule has 1 aliphatic heterocycles. The molecule has 8 nitrogen and oxygen atoms in total. The third-order valence-electron chi connectivity index (χ3n) is 2.17. The van der Waals surface area contributed by atoms with Crippen LogP contribution >= 0.6 is 0 Å². The Bertz CT molecular complexity index is 336. The van der Waals surface area contributed by atoms with Gasteiger partial charge in [-0.25, -0.2) is 9.93 Å². The quantitative estimate of drug-likeness (QED) is 0.600. The molecule has 0 aromatic carbocycles. The average Bonchev–Trinajstić information content (AvgIpc) is 2.25. The molecule has 0 aromatic rings. The molecule has 1 heterocycles. The van der Waals surface area contributed by atoms with Crippen LogP contribution in [-0.4, -0.2) is 68.2 Å². The number of hydrogen-bond acceptors (Lipinski definition) is 5. The lowest BCUT2D eigenvalue weighted by Gasteiger charge is -2.32. The number of nitrogens with two attached hydrogens (primary N) is 1. The van der Waals surface area contributed by atoms with Gasteiger partial charge in [-0.2, -0.15) is 12.7 Å². The minimum atomic E-state index is -3.68. The molecule has 94 valence electrons. The number of aliphatic hydroxyl groups excluding tert-OH is 1. The maximum absolute atomic E-state index is 11.3. The summed E-state index contributed by atoms with van der Waals surface area (Å²) in [5, 5.41) is 13.4. The Kier molecular flexibility index (Phi) is 4.47. The zero-order valence-corrected chi connectivity index (χ0v) is 9.52. The van der Waals surface area contributed by atoms with Crippen molar-refractivity contribution in [3.05, 3.63) is 0 Å². The highest BCUT2D eigenvalue weighted by Crippen LogP contribution is 2.05. The molecular weight excluding hydrogens is 238 g/mol. The number of nitrogens with zero attached hydrogens (tertiary/aromatic N) is 2. The topological polar surface area (TPSA) is 113 Å². The van der Waals surface area contributed by atoms with Gasteiger partial charge >= 0.3 is 6.09 Å². The third-order valence-corrected chi connectivity index (χ3v) is 3.26. The molecule has 0 aromatic heterocycles. The molecule has 1 amide bonds. The van der Waals surface area contributed by atoms with E-state index in [0.29, 0.717) is 0 Å². The molecule has 0 aliphatic carbocycles. The largest absolute Gasteiger partial charge is 0.447 e. The maximum Gasteiger partial charge on any atom is 0.409 e. The molecule has 1 aliphatic rings. The van der Waals surface area contributed by atoms with E-state index in [9.17, 15) is 13.2 Å². The van der Waals surface area contributed by atoms with Crippen LogP contribution in [0, 0.1) is 0 Å².